The lowest BCUT2D eigenvalue weighted by molar-refractivity contribution is 0.305. The average Bonchev–Trinajstić information content (AvgIpc) is 2.89. The van der Waals surface area contributed by atoms with Gasteiger partial charge < -0.3 is 4.74 Å². The van der Waals surface area contributed by atoms with Crippen molar-refractivity contribution in [2.24, 2.45) is 0 Å². The lowest BCUT2D eigenvalue weighted by atomic mass is 10.0. The van der Waals surface area contributed by atoms with Gasteiger partial charge in [0.15, 0.2) is 0 Å². The van der Waals surface area contributed by atoms with E-state index in [2.05, 4.69) is 37.0 Å². The second-order valence-electron chi connectivity index (χ2n) is 5.60. The predicted octanol–water partition coefficient (Wildman–Crippen LogP) is 4.84. The highest BCUT2D eigenvalue weighted by Crippen LogP contribution is 2.26. The molecule has 1 heterocycles. The summed E-state index contributed by atoms with van der Waals surface area (Å²) >= 11 is 1.42. The maximum Gasteiger partial charge on any atom is 0.140 e. The number of nitrogens with zero attached hydrogens (tertiary/aromatic N) is 2. The molecule has 0 aliphatic heterocycles. The highest BCUT2D eigenvalue weighted by Gasteiger charge is 2.14. The van der Waals surface area contributed by atoms with Crippen LogP contribution in [0.15, 0.2) is 24.3 Å². The van der Waals surface area contributed by atoms with Gasteiger partial charge in [0.25, 0.3) is 0 Å². The molecule has 0 fully saturated rings. The van der Waals surface area contributed by atoms with Gasteiger partial charge in [-0.25, -0.2) is 4.98 Å². The Morgan fingerprint density at radius 1 is 1.24 bits per heavy atom. The van der Waals surface area contributed by atoms with E-state index in [9.17, 15) is 0 Å². The fourth-order valence-electron chi connectivity index (χ4n) is 2.02. The average molecular weight is 300 g/mol. The molecule has 3 nitrogen and oxygen atoms in total. The third kappa shape index (κ3) is 3.83. The molecule has 1 aromatic carbocycles. The van der Waals surface area contributed by atoms with Crippen molar-refractivity contribution in [3.8, 4) is 11.8 Å². The van der Waals surface area contributed by atoms with Crippen LogP contribution in [0.1, 0.15) is 60.7 Å². The van der Waals surface area contributed by atoms with E-state index in [1.165, 1.54) is 16.9 Å². The number of benzene rings is 1. The Balaban J connectivity index is 2.10. The molecule has 0 N–H and O–H groups in total. The molecular weight excluding hydrogens is 280 g/mol. The zero-order valence-corrected chi connectivity index (χ0v) is 13.7. The van der Waals surface area contributed by atoms with Crippen molar-refractivity contribution in [1.82, 2.24) is 4.98 Å². The largest absolute Gasteiger partial charge is 0.486 e. The molecule has 2 rings (SSSR count). The van der Waals surface area contributed by atoms with Crippen molar-refractivity contribution in [3.05, 3.63) is 45.4 Å². The summed E-state index contributed by atoms with van der Waals surface area (Å²) < 4.78 is 5.81. The Morgan fingerprint density at radius 3 is 2.57 bits per heavy atom. The molecule has 0 spiro atoms. The molecule has 110 valence electrons. The highest BCUT2D eigenvalue weighted by molar-refractivity contribution is 7.12. The molecule has 21 heavy (non-hydrogen) atoms. The Hall–Kier alpha value is -1.86. The van der Waals surface area contributed by atoms with E-state index in [0.29, 0.717) is 17.4 Å². The van der Waals surface area contributed by atoms with E-state index in [-0.39, 0.29) is 5.92 Å². The Morgan fingerprint density at radius 2 is 2.00 bits per heavy atom. The van der Waals surface area contributed by atoms with Crippen LogP contribution < -0.4 is 4.74 Å². The van der Waals surface area contributed by atoms with E-state index in [4.69, 9.17) is 10.00 Å². The van der Waals surface area contributed by atoms with Crippen molar-refractivity contribution >= 4 is 11.3 Å². The Kier molecular flexibility index (Phi) is 4.98. The summed E-state index contributed by atoms with van der Waals surface area (Å²) in [6.07, 6.45) is 0. The van der Waals surface area contributed by atoms with Gasteiger partial charge in [0, 0.05) is 0 Å². The summed E-state index contributed by atoms with van der Waals surface area (Å²) in [6, 6.07) is 10.3. The van der Waals surface area contributed by atoms with Crippen molar-refractivity contribution in [1.29, 1.82) is 5.26 Å². The molecule has 0 saturated heterocycles. The molecule has 0 unspecified atom stereocenters. The molecule has 0 radical (unpaired) electrons. The lowest BCUT2D eigenvalue weighted by Crippen LogP contribution is -1.97. The normalized spacial score (nSPS) is 10.9. The number of aromatic nitrogens is 1. The van der Waals surface area contributed by atoms with Crippen LogP contribution in [0.4, 0.5) is 0 Å². The minimum atomic E-state index is 0.258. The van der Waals surface area contributed by atoms with Crippen LogP contribution in [0.5, 0.6) is 5.75 Å². The first-order valence-corrected chi connectivity index (χ1v) is 7.95. The van der Waals surface area contributed by atoms with E-state index >= 15 is 0 Å². The fraction of sp³-hybridized carbons (Fsp3) is 0.412. The van der Waals surface area contributed by atoms with Gasteiger partial charge in [-0.3, -0.25) is 0 Å². The molecule has 0 amide bonds. The monoisotopic (exact) mass is 300 g/mol. The van der Waals surface area contributed by atoms with E-state index in [1.807, 2.05) is 26.0 Å². The lowest BCUT2D eigenvalue weighted by Gasteiger charge is -2.08. The van der Waals surface area contributed by atoms with Crippen LogP contribution in [0, 0.1) is 11.3 Å². The van der Waals surface area contributed by atoms with Gasteiger partial charge in [0.1, 0.15) is 28.3 Å². The van der Waals surface area contributed by atoms with Crippen molar-refractivity contribution in [2.45, 2.75) is 46.1 Å². The molecule has 4 heteroatoms. The van der Waals surface area contributed by atoms with Gasteiger partial charge in [0.2, 0.25) is 0 Å². The molecule has 0 aliphatic rings. The zero-order valence-electron chi connectivity index (χ0n) is 12.9. The quantitative estimate of drug-likeness (QED) is 0.793. The van der Waals surface area contributed by atoms with Gasteiger partial charge in [-0.2, -0.15) is 5.26 Å². The van der Waals surface area contributed by atoms with Crippen LogP contribution in [0.2, 0.25) is 0 Å². The van der Waals surface area contributed by atoms with Crippen LogP contribution >= 0.6 is 11.3 Å². The second-order valence-corrected chi connectivity index (χ2v) is 6.69. The summed E-state index contributed by atoms with van der Waals surface area (Å²) in [5.41, 5.74) is 2.13. The van der Waals surface area contributed by atoms with Gasteiger partial charge in [-0.1, -0.05) is 39.8 Å². The maximum absolute atomic E-state index is 9.14. The maximum atomic E-state index is 9.14. The first-order chi connectivity index (χ1) is 10.0. The molecular formula is C17H20N2OS. The fourth-order valence-corrected chi connectivity index (χ4v) is 2.95. The number of thiazole rings is 1. The van der Waals surface area contributed by atoms with Crippen molar-refractivity contribution < 1.29 is 4.74 Å². The summed E-state index contributed by atoms with van der Waals surface area (Å²) in [6.45, 7) is 8.83. The summed E-state index contributed by atoms with van der Waals surface area (Å²) in [7, 11) is 0. The second kappa shape index (κ2) is 6.73. The van der Waals surface area contributed by atoms with Crippen molar-refractivity contribution in [3.63, 3.8) is 0 Å². The molecule has 0 bridgehead atoms. The minimum absolute atomic E-state index is 0.258. The van der Waals surface area contributed by atoms with Crippen LogP contribution in [0.25, 0.3) is 0 Å². The summed E-state index contributed by atoms with van der Waals surface area (Å²) in [5.74, 6) is 1.58. The van der Waals surface area contributed by atoms with E-state index < -0.39 is 0 Å². The number of ether oxygens (including phenoxy) is 1. The zero-order chi connectivity index (χ0) is 15.4. The third-order valence-corrected chi connectivity index (χ3v) is 4.18. The highest BCUT2D eigenvalue weighted by atomic mass is 32.1. The molecule has 1 aromatic heterocycles. The Bertz CT molecular complexity index is 653. The van der Waals surface area contributed by atoms with Gasteiger partial charge in [-0.15, -0.1) is 11.3 Å². The number of rotatable bonds is 5. The topological polar surface area (TPSA) is 45.9 Å². The number of hydrogen-bond acceptors (Lipinski definition) is 4. The smallest absolute Gasteiger partial charge is 0.140 e. The van der Waals surface area contributed by atoms with Crippen LogP contribution in [-0.4, -0.2) is 4.98 Å². The molecule has 0 saturated carbocycles. The van der Waals surface area contributed by atoms with Gasteiger partial charge in [-0.05, 0) is 29.5 Å². The number of hydrogen-bond donors (Lipinski definition) is 0. The van der Waals surface area contributed by atoms with E-state index in [1.54, 1.807) is 0 Å². The summed E-state index contributed by atoms with van der Waals surface area (Å²) in [4.78, 5) is 5.22. The predicted molar refractivity (Wildman–Crippen MR) is 85.8 cm³/mol. The molecule has 2 aromatic rings. The number of nitriles is 1. The molecule has 0 atom stereocenters. The van der Waals surface area contributed by atoms with Crippen LogP contribution in [0.3, 0.4) is 0 Å². The van der Waals surface area contributed by atoms with E-state index in [0.717, 1.165) is 16.5 Å². The first-order valence-electron chi connectivity index (χ1n) is 7.13. The first kappa shape index (κ1) is 15.5. The standard InChI is InChI=1S/C17H20N2OS/c1-11(2)13-6-5-7-14(8-13)20-10-16-19-17(12(3)4)15(9-18)21-16/h5-8,11-12H,10H2,1-4H3. The molecule has 0 aliphatic carbocycles. The SMILES string of the molecule is CC(C)c1cccc(OCc2nc(C(C)C)c(C#N)s2)c1. The summed E-state index contributed by atoms with van der Waals surface area (Å²) in [5, 5.41) is 9.99. The Labute approximate surface area is 130 Å². The van der Waals surface area contributed by atoms with Crippen LogP contribution in [-0.2, 0) is 6.61 Å². The van der Waals surface area contributed by atoms with Crippen molar-refractivity contribution in [2.75, 3.05) is 0 Å². The van der Waals surface area contributed by atoms with Gasteiger partial charge >= 0.3 is 0 Å². The third-order valence-electron chi connectivity index (χ3n) is 3.23. The minimum Gasteiger partial charge on any atom is -0.486 e. The van der Waals surface area contributed by atoms with Gasteiger partial charge in [0.05, 0.1) is 5.69 Å².